The first-order valence-corrected chi connectivity index (χ1v) is 11.2. The van der Waals surface area contributed by atoms with E-state index in [1.54, 1.807) is 0 Å². The second kappa shape index (κ2) is 8.75. The molecule has 0 saturated carbocycles. The Morgan fingerprint density at radius 1 is 0.875 bits per heavy atom. The van der Waals surface area contributed by atoms with Gasteiger partial charge < -0.3 is 14.8 Å². The predicted molar refractivity (Wildman–Crippen MR) is 128 cm³/mol. The van der Waals surface area contributed by atoms with E-state index in [-0.39, 0.29) is 12.1 Å². The molecule has 1 N–H and O–H groups in total. The summed E-state index contributed by atoms with van der Waals surface area (Å²) in [5, 5.41) is 3.15. The molecule has 4 nitrogen and oxygen atoms in total. The highest BCUT2D eigenvalue weighted by Crippen LogP contribution is 2.36. The standard InChI is InChI=1S/C28H27N3O/c1-2-21-14-16-23(17-15-21)27-26-13-8-18-30(26)25-12-7-6-11-24(25)20-31(27)28(32)29-19-22-9-4-3-5-10-22/h3-18,27H,2,19-20H2,1H3,(H,29,32)/t27-/m1/s1. The van der Waals surface area contributed by atoms with E-state index in [0.29, 0.717) is 13.1 Å². The number of carbonyl (C=O) groups is 1. The summed E-state index contributed by atoms with van der Waals surface area (Å²) in [5.41, 5.74) is 6.84. The van der Waals surface area contributed by atoms with Crippen LogP contribution in [0.1, 0.15) is 40.9 Å². The van der Waals surface area contributed by atoms with E-state index >= 15 is 0 Å². The van der Waals surface area contributed by atoms with Crippen LogP contribution in [0.25, 0.3) is 5.69 Å². The number of aryl methyl sites for hydroxylation is 1. The molecule has 4 heteroatoms. The van der Waals surface area contributed by atoms with Gasteiger partial charge >= 0.3 is 6.03 Å². The molecule has 32 heavy (non-hydrogen) atoms. The van der Waals surface area contributed by atoms with Crippen LogP contribution in [0.4, 0.5) is 4.79 Å². The smallest absolute Gasteiger partial charge is 0.318 e. The first-order valence-electron chi connectivity index (χ1n) is 11.2. The fourth-order valence-electron chi connectivity index (χ4n) is 4.50. The molecule has 2 heterocycles. The summed E-state index contributed by atoms with van der Waals surface area (Å²) in [6.45, 7) is 3.20. The van der Waals surface area contributed by atoms with Crippen molar-refractivity contribution in [1.29, 1.82) is 0 Å². The lowest BCUT2D eigenvalue weighted by Crippen LogP contribution is -2.41. The molecule has 1 aliphatic heterocycles. The van der Waals surface area contributed by atoms with Crippen LogP contribution >= 0.6 is 0 Å². The molecule has 160 valence electrons. The van der Waals surface area contributed by atoms with Crippen molar-refractivity contribution in [2.45, 2.75) is 32.5 Å². The molecule has 0 fully saturated rings. The molecular formula is C28H27N3O. The molecule has 5 rings (SSSR count). The van der Waals surface area contributed by atoms with Crippen LogP contribution in [0.2, 0.25) is 0 Å². The number of benzene rings is 3. The van der Waals surface area contributed by atoms with Crippen LogP contribution in [0, 0.1) is 0 Å². The second-order valence-electron chi connectivity index (χ2n) is 8.20. The SMILES string of the molecule is CCc1ccc([C@@H]2c3cccn3-c3ccccc3CN2C(=O)NCc2ccccc2)cc1. The van der Waals surface area contributed by atoms with Crippen molar-refractivity contribution < 1.29 is 4.79 Å². The van der Waals surface area contributed by atoms with Crippen molar-refractivity contribution >= 4 is 6.03 Å². The average molecular weight is 422 g/mol. The fourth-order valence-corrected chi connectivity index (χ4v) is 4.50. The molecule has 1 atom stereocenters. The first kappa shape index (κ1) is 20.1. The summed E-state index contributed by atoms with van der Waals surface area (Å²) in [6, 6.07) is 31.0. The minimum absolute atomic E-state index is 0.0668. The Kier molecular flexibility index (Phi) is 5.51. The van der Waals surface area contributed by atoms with Crippen molar-refractivity contribution in [1.82, 2.24) is 14.8 Å². The van der Waals surface area contributed by atoms with Gasteiger partial charge in [0.1, 0.15) is 0 Å². The molecule has 0 bridgehead atoms. The highest BCUT2D eigenvalue weighted by Gasteiger charge is 2.32. The number of carbonyl (C=O) groups excluding carboxylic acids is 1. The summed E-state index contributed by atoms with van der Waals surface area (Å²) >= 11 is 0. The van der Waals surface area contributed by atoms with E-state index in [1.807, 2.05) is 41.3 Å². The third-order valence-electron chi connectivity index (χ3n) is 6.22. The molecule has 2 amide bonds. The topological polar surface area (TPSA) is 37.3 Å². The van der Waals surface area contributed by atoms with E-state index in [4.69, 9.17) is 0 Å². The summed E-state index contributed by atoms with van der Waals surface area (Å²) in [7, 11) is 0. The quantitative estimate of drug-likeness (QED) is 0.441. The normalized spacial score (nSPS) is 14.9. The Labute approximate surface area is 189 Å². The molecule has 0 aliphatic carbocycles. The number of rotatable bonds is 4. The van der Waals surface area contributed by atoms with Gasteiger partial charge in [0.15, 0.2) is 0 Å². The number of para-hydroxylation sites is 1. The lowest BCUT2D eigenvalue weighted by molar-refractivity contribution is 0.180. The highest BCUT2D eigenvalue weighted by molar-refractivity contribution is 5.76. The van der Waals surface area contributed by atoms with Gasteiger partial charge in [-0.25, -0.2) is 4.79 Å². The minimum atomic E-state index is -0.181. The van der Waals surface area contributed by atoms with Crippen LogP contribution in [-0.4, -0.2) is 15.5 Å². The zero-order chi connectivity index (χ0) is 21.9. The number of nitrogens with one attached hydrogen (secondary N) is 1. The molecule has 0 spiro atoms. The minimum Gasteiger partial charge on any atom is -0.334 e. The molecular weight excluding hydrogens is 394 g/mol. The van der Waals surface area contributed by atoms with Gasteiger partial charge in [-0.15, -0.1) is 0 Å². The molecule has 3 aromatic carbocycles. The van der Waals surface area contributed by atoms with Gasteiger partial charge in [0.25, 0.3) is 0 Å². The Morgan fingerprint density at radius 3 is 2.41 bits per heavy atom. The number of hydrogen-bond donors (Lipinski definition) is 1. The Balaban J connectivity index is 1.56. The number of aromatic nitrogens is 1. The zero-order valence-corrected chi connectivity index (χ0v) is 18.2. The van der Waals surface area contributed by atoms with E-state index in [2.05, 4.69) is 77.6 Å². The maximum Gasteiger partial charge on any atom is 0.318 e. The van der Waals surface area contributed by atoms with Crippen molar-refractivity contribution in [3.05, 3.63) is 125 Å². The molecule has 1 aliphatic rings. The maximum absolute atomic E-state index is 13.6. The van der Waals surface area contributed by atoms with Gasteiger partial charge in [0.05, 0.1) is 18.3 Å². The van der Waals surface area contributed by atoms with E-state index in [1.165, 1.54) is 5.56 Å². The Morgan fingerprint density at radius 2 is 1.62 bits per heavy atom. The van der Waals surface area contributed by atoms with E-state index in [0.717, 1.165) is 34.5 Å². The van der Waals surface area contributed by atoms with Crippen molar-refractivity contribution in [3.8, 4) is 5.69 Å². The number of urea groups is 1. The van der Waals surface area contributed by atoms with Crippen LogP contribution in [0.5, 0.6) is 0 Å². The Bertz CT molecular complexity index is 1210. The fraction of sp³-hybridized carbons (Fsp3) is 0.179. The molecule has 0 radical (unpaired) electrons. The van der Waals surface area contributed by atoms with Crippen LogP contribution in [-0.2, 0) is 19.5 Å². The van der Waals surface area contributed by atoms with Gasteiger partial charge in [-0.1, -0.05) is 79.7 Å². The summed E-state index contributed by atoms with van der Waals surface area (Å²) in [6.07, 6.45) is 3.08. The monoisotopic (exact) mass is 421 g/mol. The maximum atomic E-state index is 13.6. The highest BCUT2D eigenvalue weighted by atomic mass is 16.2. The molecule has 0 saturated heterocycles. The average Bonchev–Trinajstić information content (AvgIpc) is 3.27. The van der Waals surface area contributed by atoms with Crippen LogP contribution in [0.3, 0.4) is 0 Å². The third kappa shape index (κ3) is 3.80. The number of amides is 2. The largest absolute Gasteiger partial charge is 0.334 e. The van der Waals surface area contributed by atoms with Gasteiger partial charge in [0, 0.05) is 18.4 Å². The predicted octanol–water partition coefficient (Wildman–Crippen LogP) is 5.85. The van der Waals surface area contributed by atoms with Crippen LogP contribution in [0.15, 0.2) is 97.2 Å². The number of fused-ring (bicyclic) bond motifs is 3. The van der Waals surface area contributed by atoms with Crippen molar-refractivity contribution in [2.24, 2.45) is 0 Å². The van der Waals surface area contributed by atoms with Crippen LogP contribution < -0.4 is 5.32 Å². The zero-order valence-electron chi connectivity index (χ0n) is 18.2. The number of nitrogens with zero attached hydrogens (tertiary/aromatic N) is 2. The van der Waals surface area contributed by atoms with E-state index < -0.39 is 0 Å². The van der Waals surface area contributed by atoms with Gasteiger partial charge in [-0.3, -0.25) is 0 Å². The van der Waals surface area contributed by atoms with Crippen molar-refractivity contribution in [2.75, 3.05) is 0 Å². The summed E-state index contributed by atoms with van der Waals surface area (Å²) < 4.78 is 2.22. The molecule has 4 aromatic rings. The molecule has 1 aromatic heterocycles. The third-order valence-corrected chi connectivity index (χ3v) is 6.22. The second-order valence-corrected chi connectivity index (χ2v) is 8.20. The molecule has 0 unspecified atom stereocenters. The van der Waals surface area contributed by atoms with Gasteiger partial charge in [-0.05, 0) is 46.9 Å². The summed E-state index contributed by atoms with van der Waals surface area (Å²) in [4.78, 5) is 15.5. The van der Waals surface area contributed by atoms with Crippen molar-refractivity contribution in [3.63, 3.8) is 0 Å². The first-order chi connectivity index (χ1) is 15.7. The summed E-state index contributed by atoms with van der Waals surface area (Å²) in [5.74, 6) is 0. The lowest BCUT2D eigenvalue weighted by atomic mass is 10.00. The lowest BCUT2D eigenvalue weighted by Gasteiger charge is -2.31. The van der Waals surface area contributed by atoms with E-state index in [9.17, 15) is 4.79 Å². The van der Waals surface area contributed by atoms with Gasteiger partial charge in [0.2, 0.25) is 0 Å². The van der Waals surface area contributed by atoms with Gasteiger partial charge in [-0.2, -0.15) is 0 Å². The number of hydrogen-bond acceptors (Lipinski definition) is 1. The Hall–Kier alpha value is -3.79.